The van der Waals surface area contributed by atoms with E-state index in [1.165, 1.54) is 44.6 Å². The zero-order valence-electron chi connectivity index (χ0n) is 18.0. The molecule has 1 aliphatic heterocycles. The lowest BCUT2D eigenvalue weighted by molar-refractivity contribution is -0.129. The normalized spacial score (nSPS) is 14.6. The number of anilines is 1. The first-order chi connectivity index (χ1) is 15.3. The van der Waals surface area contributed by atoms with Crippen molar-refractivity contribution in [1.29, 1.82) is 0 Å². The van der Waals surface area contributed by atoms with E-state index < -0.39 is 22.4 Å². The van der Waals surface area contributed by atoms with E-state index >= 15 is 0 Å². The average Bonchev–Trinajstić information content (AvgIpc) is 3.08. The summed E-state index contributed by atoms with van der Waals surface area (Å²) in [6.45, 7) is 0.721. The number of carbonyl (C=O) groups is 1. The van der Waals surface area contributed by atoms with Gasteiger partial charge >= 0.3 is 0 Å². The van der Waals surface area contributed by atoms with Gasteiger partial charge in [0.15, 0.2) is 11.5 Å². The second-order valence-corrected chi connectivity index (χ2v) is 9.69. The summed E-state index contributed by atoms with van der Waals surface area (Å²) in [6.07, 6.45) is 3.81. The lowest BCUT2D eigenvalue weighted by Gasteiger charge is -2.28. The smallest absolute Gasteiger partial charge is 0.264 e. The molecule has 32 heavy (non-hydrogen) atoms. The lowest BCUT2D eigenvalue weighted by Crippen LogP contribution is -2.43. The van der Waals surface area contributed by atoms with Crippen LogP contribution in [0.1, 0.15) is 25.7 Å². The van der Waals surface area contributed by atoms with E-state index in [1.807, 2.05) is 0 Å². The molecule has 0 saturated carbocycles. The maximum Gasteiger partial charge on any atom is 0.264 e. The quantitative estimate of drug-likeness (QED) is 0.591. The molecule has 0 bridgehead atoms. The Morgan fingerprint density at radius 1 is 1.03 bits per heavy atom. The number of likely N-dealkylation sites (tertiary alicyclic amines) is 1. The molecule has 1 amide bonds. The summed E-state index contributed by atoms with van der Waals surface area (Å²) in [4.78, 5) is 14.6. The minimum absolute atomic E-state index is 0.0920. The van der Waals surface area contributed by atoms with Crippen molar-refractivity contribution in [1.82, 2.24) is 4.90 Å². The van der Waals surface area contributed by atoms with Crippen LogP contribution in [0.25, 0.3) is 0 Å². The Labute approximate surface area is 192 Å². The van der Waals surface area contributed by atoms with E-state index in [0.29, 0.717) is 18.8 Å². The van der Waals surface area contributed by atoms with Crippen LogP contribution in [0.4, 0.5) is 10.1 Å². The van der Waals surface area contributed by atoms with Crippen molar-refractivity contribution in [2.75, 3.05) is 38.2 Å². The fourth-order valence-electron chi connectivity index (χ4n) is 3.60. The Bertz CT molecular complexity index is 1070. The molecule has 0 spiro atoms. The number of hydrogen-bond acceptors (Lipinski definition) is 5. The molecule has 2 aromatic carbocycles. The zero-order chi connectivity index (χ0) is 23.3. The summed E-state index contributed by atoms with van der Waals surface area (Å²) in [7, 11) is -1.37. The van der Waals surface area contributed by atoms with Crippen molar-refractivity contribution in [3.8, 4) is 11.5 Å². The molecule has 1 heterocycles. The van der Waals surface area contributed by atoms with Crippen molar-refractivity contribution < 1.29 is 27.1 Å². The summed E-state index contributed by atoms with van der Waals surface area (Å²) < 4.78 is 52.3. The molecular formula is C22H26ClFN2O5S. The highest BCUT2D eigenvalue weighted by Crippen LogP contribution is 2.33. The monoisotopic (exact) mass is 484 g/mol. The SMILES string of the molecule is COc1ccc(S(=O)(=O)N(CC(=O)N2CCCCCC2)c2ccc(F)c(Cl)c2)cc1OC. The third-order valence-corrected chi connectivity index (χ3v) is 7.43. The van der Waals surface area contributed by atoms with Crippen LogP contribution in [-0.4, -0.2) is 53.1 Å². The van der Waals surface area contributed by atoms with Gasteiger partial charge in [0.1, 0.15) is 12.4 Å². The number of nitrogens with zero attached hydrogens (tertiary/aromatic N) is 2. The van der Waals surface area contributed by atoms with Gasteiger partial charge in [-0.3, -0.25) is 9.10 Å². The summed E-state index contributed by atoms with van der Waals surface area (Å²) in [6, 6.07) is 7.72. The third kappa shape index (κ3) is 5.27. The van der Waals surface area contributed by atoms with E-state index in [9.17, 15) is 17.6 Å². The molecule has 0 aromatic heterocycles. The van der Waals surface area contributed by atoms with Crippen molar-refractivity contribution in [3.63, 3.8) is 0 Å². The number of sulfonamides is 1. The Morgan fingerprint density at radius 3 is 2.28 bits per heavy atom. The fourth-order valence-corrected chi connectivity index (χ4v) is 5.20. The van der Waals surface area contributed by atoms with Crippen LogP contribution in [0.5, 0.6) is 11.5 Å². The summed E-state index contributed by atoms with van der Waals surface area (Å²) in [5.74, 6) is -0.415. The van der Waals surface area contributed by atoms with Crippen LogP contribution in [0.3, 0.4) is 0 Å². The first-order valence-electron chi connectivity index (χ1n) is 10.3. The second kappa shape index (κ2) is 10.4. The molecule has 10 heteroatoms. The van der Waals surface area contributed by atoms with Gasteiger partial charge in [-0.25, -0.2) is 12.8 Å². The molecule has 0 unspecified atom stereocenters. The van der Waals surface area contributed by atoms with Crippen molar-refractivity contribution in [3.05, 3.63) is 47.2 Å². The standard InChI is InChI=1S/C22H26ClFN2O5S/c1-30-20-10-8-17(14-21(20)31-2)32(28,29)26(16-7-9-19(24)18(23)13-16)15-22(27)25-11-5-3-4-6-12-25/h7-10,13-14H,3-6,11-12,15H2,1-2H3. The van der Waals surface area contributed by atoms with Gasteiger partial charge in [0, 0.05) is 19.2 Å². The van der Waals surface area contributed by atoms with Crippen molar-refractivity contribution >= 4 is 33.2 Å². The van der Waals surface area contributed by atoms with E-state index in [2.05, 4.69) is 0 Å². The first-order valence-corrected chi connectivity index (χ1v) is 12.1. The maximum atomic E-state index is 13.8. The predicted octanol–water partition coefficient (Wildman–Crippen LogP) is 4.09. The number of halogens is 2. The minimum Gasteiger partial charge on any atom is -0.493 e. The molecule has 1 fully saturated rings. The molecule has 174 valence electrons. The van der Waals surface area contributed by atoms with E-state index in [4.69, 9.17) is 21.1 Å². The second-order valence-electron chi connectivity index (χ2n) is 7.42. The topological polar surface area (TPSA) is 76.2 Å². The number of ether oxygens (including phenoxy) is 2. The van der Waals surface area contributed by atoms with E-state index in [0.717, 1.165) is 36.1 Å². The molecule has 0 aliphatic carbocycles. The van der Waals surface area contributed by atoms with Gasteiger partial charge in [-0.2, -0.15) is 0 Å². The van der Waals surface area contributed by atoms with Crippen LogP contribution in [-0.2, 0) is 14.8 Å². The number of hydrogen-bond donors (Lipinski definition) is 0. The van der Waals surface area contributed by atoms with Gasteiger partial charge < -0.3 is 14.4 Å². The van der Waals surface area contributed by atoms with E-state index in [1.54, 1.807) is 4.90 Å². The van der Waals surface area contributed by atoms with Crippen molar-refractivity contribution in [2.45, 2.75) is 30.6 Å². The van der Waals surface area contributed by atoms with Gasteiger partial charge in [-0.05, 0) is 43.2 Å². The average molecular weight is 485 g/mol. The molecular weight excluding hydrogens is 459 g/mol. The van der Waals surface area contributed by atoms with Gasteiger partial charge in [0.2, 0.25) is 5.91 Å². The van der Waals surface area contributed by atoms with E-state index in [-0.39, 0.29) is 27.3 Å². The maximum absolute atomic E-state index is 13.8. The summed E-state index contributed by atoms with van der Waals surface area (Å²) in [5.41, 5.74) is 0.0920. The number of amides is 1. The molecule has 1 saturated heterocycles. The highest BCUT2D eigenvalue weighted by Gasteiger charge is 2.30. The van der Waals surface area contributed by atoms with Crippen LogP contribution in [0, 0.1) is 5.82 Å². The Morgan fingerprint density at radius 2 is 1.69 bits per heavy atom. The molecule has 1 aliphatic rings. The number of methoxy groups -OCH3 is 2. The van der Waals surface area contributed by atoms with Gasteiger partial charge in [0.05, 0.1) is 29.8 Å². The van der Waals surface area contributed by atoms with Gasteiger partial charge in [0.25, 0.3) is 10.0 Å². The highest BCUT2D eigenvalue weighted by molar-refractivity contribution is 7.92. The number of rotatable bonds is 7. The molecule has 3 rings (SSSR count). The predicted molar refractivity (Wildman–Crippen MR) is 121 cm³/mol. The van der Waals surface area contributed by atoms with Crippen molar-refractivity contribution in [2.24, 2.45) is 0 Å². The number of carbonyl (C=O) groups excluding carboxylic acids is 1. The Hall–Kier alpha value is -2.52. The minimum atomic E-state index is -4.21. The fraction of sp³-hybridized carbons (Fsp3) is 0.409. The number of benzene rings is 2. The molecule has 0 radical (unpaired) electrons. The van der Waals surface area contributed by atoms with Gasteiger partial charge in [-0.1, -0.05) is 24.4 Å². The zero-order valence-corrected chi connectivity index (χ0v) is 19.6. The third-order valence-electron chi connectivity index (χ3n) is 5.37. The van der Waals surface area contributed by atoms with Gasteiger partial charge in [-0.15, -0.1) is 0 Å². The van der Waals surface area contributed by atoms with Crippen LogP contribution in [0.2, 0.25) is 5.02 Å². The Balaban J connectivity index is 2.02. The largest absolute Gasteiger partial charge is 0.493 e. The summed E-state index contributed by atoms with van der Waals surface area (Å²) in [5, 5.41) is -0.239. The summed E-state index contributed by atoms with van der Waals surface area (Å²) >= 11 is 5.92. The molecule has 2 aromatic rings. The van der Waals surface area contributed by atoms with Crippen LogP contribution < -0.4 is 13.8 Å². The molecule has 0 atom stereocenters. The van der Waals surface area contributed by atoms with Crippen LogP contribution in [0.15, 0.2) is 41.3 Å². The first kappa shape index (κ1) is 24.1. The lowest BCUT2D eigenvalue weighted by atomic mass is 10.2. The van der Waals surface area contributed by atoms with Crippen LogP contribution >= 0.6 is 11.6 Å². The molecule has 7 nitrogen and oxygen atoms in total. The highest BCUT2D eigenvalue weighted by atomic mass is 35.5. The molecule has 0 N–H and O–H groups in total. The Kier molecular flexibility index (Phi) is 7.84.